The molecule has 0 aliphatic heterocycles. The maximum atomic E-state index is 13.2. The van der Waals surface area contributed by atoms with Crippen LogP contribution < -0.4 is 0 Å². The molecule has 0 saturated carbocycles. The van der Waals surface area contributed by atoms with Gasteiger partial charge in [0.05, 0.1) is 15.9 Å². The molecule has 1 aromatic heterocycles. The Hall–Kier alpha value is -2.32. The van der Waals surface area contributed by atoms with E-state index < -0.39 is 21.7 Å². The largest absolute Gasteiger partial charge is 0.338 e. The molecule has 0 bridgehead atoms. The molecule has 0 spiro atoms. The minimum atomic E-state index is -3.51. The fourth-order valence-corrected chi connectivity index (χ4v) is 3.04. The molecule has 0 radical (unpaired) electrons. The van der Waals surface area contributed by atoms with Crippen molar-refractivity contribution in [2.75, 3.05) is 14.1 Å². The van der Waals surface area contributed by atoms with Gasteiger partial charge in [0.25, 0.3) is 0 Å². The van der Waals surface area contributed by atoms with E-state index in [2.05, 4.69) is 9.97 Å². The van der Waals surface area contributed by atoms with E-state index in [1.54, 1.807) is 12.1 Å². The molecule has 1 heterocycles. The molecule has 0 fully saturated rings. The van der Waals surface area contributed by atoms with Crippen LogP contribution in [0.2, 0.25) is 0 Å². The molecule has 0 saturated heterocycles. The van der Waals surface area contributed by atoms with Gasteiger partial charge in [-0.15, -0.1) is 0 Å². The van der Waals surface area contributed by atoms with Crippen LogP contribution in [-0.4, -0.2) is 36.8 Å². The van der Waals surface area contributed by atoms with E-state index in [-0.39, 0.29) is 4.90 Å². The van der Waals surface area contributed by atoms with Gasteiger partial charge >= 0.3 is 0 Å². The van der Waals surface area contributed by atoms with Crippen molar-refractivity contribution >= 4 is 21.1 Å². The molecular formula is C15H13F2N3O2S. The number of hydrogen-bond donors (Lipinski definition) is 1. The summed E-state index contributed by atoms with van der Waals surface area (Å²) in [5.74, 6) is -1.53. The summed E-state index contributed by atoms with van der Waals surface area (Å²) in [6.07, 6.45) is 0. The average Bonchev–Trinajstić information content (AvgIpc) is 2.90. The highest BCUT2D eigenvalue weighted by Gasteiger charge is 2.17. The van der Waals surface area contributed by atoms with Crippen molar-refractivity contribution in [1.82, 2.24) is 14.3 Å². The number of nitrogens with one attached hydrogen (secondary N) is 1. The number of sulfonamides is 1. The van der Waals surface area contributed by atoms with E-state index in [0.29, 0.717) is 22.4 Å². The van der Waals surface area contributed by atoms with Crippen LogP contribution in [0.5, 0.6) is 0 Å². The van der Waals surface area contributed by atoms with E-state index in [4.69, 9.17) is 0 Å². The highest BCUT2D eigenvalue weighted by atomic mass is 32.2. The number of rotatable bonds is 3. The Morgan fingerprint density at radius 2 is 1.65 bits per heavy atom. The van der Waals surface area contributed by atoms with Crippen molar-refractivity contribution in [1.29, 1.82) is 0 Å². The Bertz CT molecular complexity index is 941. The zero-order valence-corrected chi connectivity index (χ0v) is 13.2. The van der Waals surface area contributed by atoms with Gasteiger partial charge in [0.2, 0.25) is 10.0 Å². The number of benzene rings is 2. The van der Waals surface area contributed by atoms with Crippen LogP contribution in [-0.2, 0) is 10.0 Å². The van der Waals surface area contributed by atoms with E-state index in [0.717, 1.165) is 16.4 Å². The SMILES string of the molecule is CN(C)S(=O)(=O)c1ccc(-c2nc3cc(F)c(F)cc3[nH]2)cc1. The topological polar surface area (TPSA) is 66.1 Å². The lowest BCUT2D eigenvalue weighted by Crippen LogP contribution is -2.22. The fourth-order valence-electron chi connectivity index (χ4n) is 2.14. The van der Waals surface area contributed by atoms with Crippen molar-refractivity contribution in [2.24, 2.45) is 0 Å². The van der Waals surface area contributed by atoms with Crippen molar-refractivity contribution < 1.29 is 17.2 Å². The predicted molar refractivity (Wildman–Crippen MR) is 82.3 cm³/mol. The smallest absolute Gasteiger partial charge is 0.242 e. The maximum Gasteiger partial charge on any atom is 0.242 e. The summed E-state index contributed by atoms with van der Waals surface area (Å²) in [7, 11) is -0.608. The first kappa shape index (κ1) is 15.6. The highest BCUT2D eigenvalue weighted by molar-refractivity contribution is 7.89. The summed E-state index contributed by atoms with van der Waals surface area (Å²) in [6.45, 7) is 0. The first-order valence-electron chi connectivity index (χ1n) is 6.67. The number of hydrogen-bond acceptors (Lipinski definition) is 3. The van der Waals surface area contributed by atoms with Crippen LogP contribution >= 0.6 is 0 Å². The third-order valence-electron chi connectivity index (χ3n) is 3.43. The Morgan fingerprint density at radius 1 is 1.04 bits per heavy atom. The van der Waals surface area contributed by atoms with Gasteiger partial charge in [0.1, 0.15) is 5.82 Å². The van der Waals surface area contributed by atoms with E-state index >= 15 is 0 Å². The third-order valence-corrected chi connectivity index (χ3v) is 5.26. The van der Waals surface area contributed by atoms with Gasteiger partial charge in [-0.3, -0.25) is 0 Å². The van der Waals surface area contributed by atoms with Crippen molar-refractivity contribution in [3.05, 3.63) is 48.0 Å². The third kappa shape index (κ3) is 2.71. The average molecular weight is 337 g/mol. The number of aromatic nitrogens is 2. The van der Waals surface area contributed by atoms with E-state index in [1.807, 2.05) is 0 Å². The summed E-state index contributed by atoms with van der Waals surface area (Å²) in [5, 5.41) is 0. The van der Waals surface area contributed by atoms with Gasteiger partial charge in [-0.25, -0.2) is 26.5 Å². The molecule has 5 nitrogen and oxygen atoms in total. The van der Waals surface area contributed by atoms with Crippen LogP contribution in [0, 0.1) is 11.6 Å². The van der Waals surface area contributed by atoms with Gasteiger partial charge in [0, 0.05) is 31.8 Å². The van der Waals surface area contributed by atoms with Gasteiger partial charge < -0.3 is 4.98 Å². The summed E-state index contributed by atoms with van der Waals surface area (Å²) in [5.41, 5.74) is 1.27. The van der Waals surface area contributed by atoms with Crippen LogP contribution in [0.25, 0.3) is 22.4 Å². The Balaban J connectivity index is 2.03. The first-order chi connectivity index (χ1) is 10.8. The Labute approximate surface area is 131 Å². The van der Waals surface area contributed by atoms with Crippen LogP contribution in [0.15, 0.2) is 41.3 Å². The Kier molecular flexibility index (Phi) is 3.65. The van der Waals surface area contributed by atoms with Crippen molar-refractivity contribution in [2.45, 2.75) is 4.90 Å². The van der Waals surface area contributed by atoms with Crippen LogP contribution in [0.4, 0.5) is 8.78 Å². The zero-order valence-electron chi connectivity index (χ0n) is 12.3. The number of fused-ring (bicyclic) bond motifs is 1. The van der Waals surface area contributed by atoms with Gasteiger partial charge in [-0.1, -0.05) is 0 Å². The second-order valence-corrected chi connectivity index (χ2v) is 7.33. The molecule has 0 aliphatic rings. The molecule has 0 aliphatic carbocycles. The number of imidazole rings is 1. The number of nitrogens with zero attached hydrogens (tertiary/aromatic N) is 2. The van der Waals surface area contributed by atoms with Gasteiger partial charge in [-0.05, 0) is 24.3 Å². The first-order valence-corrected chi connectivity index (χ1v) is 8.11. The minimum Gasteiger partial charge on any atom is -0.338 e. The minimum absolute atomic E-state index is 0.152. The van der Waals surface area contributed by atoms with Crippen molar-refractivity contribution in [3.63, 3.8) is 0 Å². The predicted octanol–water partition coefficient (Wildman–Crippen LogP) is 2.76. The molecule has 0 atom stereocenters. The molecule has 8 heteroatoms. The van der Waals surface area contributed by atoms with Crippen molar-refractivity contribution in [3.8, 4) is 11.4 Å². The molecule has 23 heavy (non-hydrogen) atoms. The number of aromatic amines is 1. The fraction of sp³-hybridized carbons (Fsp3) is 0.133. The number of H-pyrrole nitrogens is 1. The molecule has 0 amide bonds. The standard InChI is InChI=1S/C15H13F2N3O2S/c1-20(2)23(21,22)10-5-3-9(4-6-10)15-18-13-7-11(16)12(17)8-14(13)19-15/h3-8H,1-2H3,(H,18,19). The lowest BCUT2D eigenvalue weighted by Gasteiger charge is -2.11. The summed E-state index contributed by atoms with van der Waals surface area (Å²) >= 11 is 0. The zero-order chi connectivity index (χ0) is 16.8. The van der Waals surface area contributed by atoms with Crippen LogP contribution in [0.3, 0.4) is 0 Å². The monoisotopic (exact) mass is 337 g/mol. The summed E-state index contributed by atoms with van der Waals surface area (Å²) < 4.78 is 51.6. The second kappa shape index (κ2) is 5.39. The molecule has 2 aromatic carbocycles. The second-order valence-electron chi connectivity index (χ2n) is 5.18. The quantitative estimate of drug-likeness (QED) is 0.799. The normalized spacial score (nSPS) is 12.2. The Morgan fingerprint density at radius 3 is 2.26 bits per heavy atom. The lowest BCUT2D eigenvalue weighted by atomic mass is 10.2. The maximum absolute atomic E-state index is 13.2. The van der Waals surface area contributed by atoms with Crippen LogP contribution in [0.1, 0.15) is 0 Å². The molecule has 3 rings (SSSR count). The summed E-state index contributed by atoms with van der Waals surface area (Å²) in [6, 6.07) is 8.13. The van der Waals surface area contributed by atoms with E-state index in [9.17, 15) is 17.2 Å². The van der Waals surface area contributed by atoms with Gasteiger partial charge in [-0.2, -0.15) is 0 Å². The van der Waals surface area contributed by atoms with E-state index in [1.165, 1.54) is 26.2 Å². The lowest BCUT2D eigenvalue weighted by molar-refractivity contribution is 0.510. The summed E-state index contributed by atoms with van der Waals surface area (Å²) in [4.78, 5) is 7.23. The molecular weight excluding hydrogens is 324 g/mol. The molecule has 1 N–H and O–H groups in total. The van der Waals surface area contributed by atoms with Gasteiger partial charge in [0.15, 0.2) is 11.6 Å². The number of halogens is 2. The molecule has 0 unspecified atom stereocenters. The highest BCUT2D eigenvalue weighted by Crippen LogP contribution is 2.24. The molecule has 120 valence electrons. The molecule has 3 aromatic rings.